The van der Waals surface area contributed by atoms with Gasteiger partial charge in [0.25, 0.3) is 5.91 Å². The second-order valence-corrected chi connectivity index (χ2v) is 4.15. The number of esters is 1. The zero-order valence-corrected chi connectivity index (χ0v) is 11.5. The highest BCUT2D eigenvalue weighted by Crippen LogP contribution is 2.10. The Morgan fingerprint density at radius 2 is 2.00 bits per heavy atom. The molecule has 1 unspecified atom stereocenters. The summed E-state index contributed by atoms with van der Waals surface area (Å²) in [6.07, 6.45) is 0.611. The van der Waals surface area contributed by atoms with Crippen LogP contribution in [0, 0.1) is 5.92 Å². The van der Waals surface area contributed by atoms with Crippen LogP contribution in [0.1, 0.15) is 19.8 Å². The third-order valence-electron chi connectivity index (χ3n) is 2.64. The lowest BCUT2D eigenvalue weighted by Gasteiger charge is -2.16. The van der Waals surface area contributed by atoms with Crippen molar-refractivity contribution in [2.45, 2.75) is 19.8 Å². The van der Waals surface area contributed by atoms with Crippen molar-refractivity contribution in [3.05, 3.63) is 30.3 Å². The minimum Gasteiger partial charge on any atom is -0.465 e. The Morgan fingerprint density at radius 1 is 1.30 bits per heavy atom. The van der Waals surface area contributed by atoms with E-state index in [1.54, 1.807) is 19.1 Å². The predicted octanol–water partition coefficient (Wildman–Crippen LogP) is 1.08. The Bertz CT molecular complexity index is 422. The van der Waals surface area contributed by atoms with Crippen LogP contribution in [0.15, 0.2) is 30.3 Å². The van der Waals surface area contributed by atoms with Crippen molar-refractivity contribution < 1.29 is 19.4 Å². The number of hydrogen-bond acceptors (Lipinski definition) is 5. The van der Waals surface area contributed by atoms with Crippen LogP contribution in [0.2, 0.25) is 0 Å². The molecule has 1 rings (SSSR count). The number of amides is 1. The average Bonchev–Trinajstić information content (AvgIpc) is 2.47. The summed E-state index contributed by atoms with van der Waals surface area (Å²) in [5.41, 5.74) is 5.92. The molecule has 3 N–H and O–H groups in total. The molecular formula is C14H20N2O4. The van der Waals surface area contributed by atoms with Gasteiger partial charge in [-0.1, -0.05) is 18.2 Å². The second-order valence-electron chi connectivity index (χ2n) is 4.15. The summed E-state index contributed by atoms with van der Waals surface area (Å²) in [6, 6.07) is 9.07. The lowest BCUT2D eigenvalue weighted by Crippen LogP contribution is -2.39. The van der Waals surface area contributed by atoms with Crippen LogP contribution in [-0.4, -0.2) is 30.2 Å². The monoisotopic (exact) mass is 280 g/mol. The molecule has 1 amide bonds. The van der Waals surface area contributed by atoms with Gasteiger partial charge < -0.3 is 9.84 Å². The summed E-state index contributed by atoms with van der Waals surface area (Å²) in [5.74, 6) is -1.97. The first-order valence-electron chi connectivity index (χ1n) is 6.57. The topological polar surface area (TPSA) is 87.7 Å². The second kappa shape index (κ2) is 8.92. The van der Waals surface area contributed by atoms with Crippen LogP contribution in [0.4, 0.5) is 5.69 Å². The highest BCUT2D eigenvalue weighted by atomic mass is 16.5. The van der Waals surface area contributed by atoms with Crippen LogP contribution in [-0.2, 0) is 14.3 Å². The molecule has 0 saturated carbocycles. The SMILES string of the molecule is CCOC(=O)C(CCCO)C(=O)NNc1ccccc1. The normalized spacial score (nSPS) is 11.5. The van der Waals surface area contributed by atoms with E-state index in [-0.39, 0.29) is 19.6 Å². The fraction of sp³-hybridized carbons (Fsp3) is 0.429. The van der Waals surface area contributed by atoms with Gasteiger partial charge in [0, 0.05) is 6.61 Å². The minimum absolute atomic E-state index is 0.0741. The maximum atomic E-state index is 12.0. The molecule has 0 heterocycles. The molecule has 1 atom stereocenters. The molecule has 0 aliphatic rings. The summed E-state index contributed by atoms with van der Waals surface area (Å²) >= 11 is 0. The Morgan fingerprint density at radius 3 is 2.60 bits per heavy atom. The number of aliphatic hydroxyl groups is 1. The maximum Gasteiger partial charge on any atom is 0.318 e. The number of rotatable bonds is 8. The first-order chi connectivity index (χ1) is 9.69. The molecule has 20 heavy (non-hydrogen) atoms. The number of benzene rings is 1. The van der Waals surface area contributed by atoms with Crippen molar-refractivity contribution in [3.63, 3.8) is 0 Å². The van der Waals surface area contributed by atoms with Gasteiger partial charge in [-0.15, -0.1) is 0 Å². The third-order valence-corrected chi connectivity index (χ3v) is 2.64. The standard InChI is InChI=1S/C14H20N2O4/c1-2-20-14(19)12(9-6-10-17)13(18)16-15-11-7-4-3-5-8-11/h3-5,7-8,12,15,17H,2,6,9-10H2,1H3,(H,16,18). The van der Waals surface area contributed by atoms with Crippen LogP contribution in [0.5, 0.6) is 0 Å². The lowest BCUT2D eigenvalue weighted by atomic mass is 10.0. The predicted molar refractivity (Wildman–Crippen MR) is 74.7 cm³/mol. The first-order valence-corrected chi connectivity index (χ1v) is 6.57. The van der Waals surface area contributed by atoms with E-state index in [1.807, 2.05) is 18.2 Å². The summed E-state index contributed by atoms with van der Waals surface area (Å²) in [6.45, 7) is 1.82. The number of nitrogens with one attached hydrogen (secondary N) is 2. The van der Waals surface area contributed by atoms with Gasteiger partial charge in [0.05, 0.1) is 12.3 Å². The van der Waals surface area contributed by atoms with Gasteiger partial charge in [0.15, 0.2) is 0 Å². The van der Waals surface area contributed by atoms with E-state index >= 15 is 0 Å². The molecule has 0 saturated heterocycles. The van der Waals surface area contributed by atoms with Crippen LogP contribution >= 0.6 is 0 Å². The Balaban J connectivity index is 2.56. The number of anilines is 1. The smallest absolute Gasteiger partial charge is 0.318 e. The van der Waals surface area contributed by atoms with E-state index in [1.165, 1.54) is 0 Å². The summed E-state index contributed by atoms with van der Waals surface area (Å²) in [7, 11) is 0. The molecule has 0 aliphatic heterocycles. The van der Waals surface area contributed by atoms with Gasteiger partial charge in [-0.2, -0.15) is 0 Å². The summed E-state index contributed by atoms with van der Waals surface area (Å²) < 4.78 is 4.87. The van der Waals surface area contributed by atoms with Crippen LogP contribution in [0.25, 0.3) is 0 Å². The van der Waals surface area contributed by atoms with Gasteiger partial charge in [-0.3, -0.25) is 20.4 Å². The van der Waals surface area contributed by atoms with Crippen molar-refractivity contribution in [3.8, 4) is 0 Å². The molecule has 1 aromatic carbocycles. The van der Waals surface area contributed by atoms with E-state index < -0.39 is 17.8 Å². The largest absolute Gasteiger partial charge is 0.465 e. The van der Waals surface area contributed by atoms with Gasteiger partial charge in [-0.05, 0) is 31.9 Å². The number of para-hydroxylation sites is 1. The van der Waals surface area contributed by atoms with Crippen molar-refractivity contribution in [1.29, 1.82) is 0 Å². The molecular weight excluding hydrogens is 260 g/mol. The highest BCUT2D eigenvalue weighted by Gasteiger charge is 2.27. The maximum absolute atomic E-state index is 12.0. The molecule has 0 radical (unpaired) electrons. The van der Waals surface area contributed by atoms with Crippen molar-refractivity contribution in [2.24, 2.45) is 5.92 Å². The number of carbonyl (C=O) groups excluding carboxylic acids is 2. The van der Waals surface area contributed by atoms with Gasteiger partial charge in [0.1, 0.15) is 5.92 Å². The number of carbonyl (C=O) groups is 2. The number of aliphatic hydroxyl groups excluding tert-OH is 1. The van der Waals surface area contributed by atoms with Crippen molar-refractivity contribution in [2.75, 3.05) is 18.6 Å². The number of hydrogen-bond donors (Lipinski definition) is 3. The Hall–Kier alpha value is -2.08. The quantitative estimate of drug-likeness (QED) is 0.377. The van der Waals surface area contributed by atoms with E-state index in [4.69, 9.17) is 9.84 Å². The zero-order chi connectivity index (χ0) is 14.8. The van der Waals surface area contributed by atoms with Gasteiger partial charge in [0.2, 0.25) is 0 Å². The van der Waals surface area contributed by atoms with Gasteiger partial charge >= 0.3 is 5.97 Å². The number of hydrazine groups is 1. The molecule has 0 fully saturated rings. The molecule has 6 nitrogen and oxygen atoms in total. The molecule has 0 spiro atoms. The molecule has 6 heteroatoms. The highest BCUT2D eigenvalue weighted by molar-refractivity contribution is 5.98. The van der Waals surface area contributed by atoms with Crippen LogP contribution in [0.3, 0.4) is 0 Å². The molecule has 0 bridgehead atoms. The summed E-state index contributed by atoms with van der Waals surface area (Å²) in [4.78, 5) is 23.7. The van der Waals surface area contributed by atoms with E-state index in [0.29, 0.717) is 12.1 Å². The van der Waals surface area contributed by atoms with Crippen LogP contribution < -0.4 is 10.9 Å². The minimum atomic E-state index is -0.918. The van der Waals surface area contributed by atoms with E-state index in [9.17, 15) is 9.59 Å². The third kappa shape index (κ3) is 5.27. The average molecular weight is 280 g/mol. The fourth-order valence-electron chi connectivity index (χ4n) is 1.64. The molecule has 110 valence electrons. The van der Waals surface area contributed by atoms with E-state index in [0.717, 1.165) is 0 Å². The number of ether oxygens (including phenoxy) is 1. The summed E-state index contributed by atoms with van der Waals surface area (Å²) in [5, 5.41) is 8.82. The zero-order valence-electron chi connectivity index (χ0n) is 11.5. The molecule has 0 aliphatic carbocycles. The van der Waals surface area contributed by atoms with Crippen molar-refractivity contribution in [1.82, 2.24) is 5.43 Å². The Labute approximate surface area is 118 Å². The van der Waals surface area contributed by atoms with Crippen molar-refractivity contribution >= 4 is 17.6 Å². The lowest BCUT2D eigenvalue weighted by molar-refractivity contribution is -0.152. The van der Waals surface area contributed by atoms with Gasteiger partial charge in [-0.25, -0.2) is 0 Å². The first kappa shape index (κ1) is 16.0. The Kier molecular flexibility index (Phi) is 7.13. The molecule has 0 aromatic heterocycles. The van der Waals surface area contributed by atoms with E-state index in [2.05, 4.69) is 10.9 Å². The fourth-order valence-corrected chi connectivity index (χ4v) is 1.64. The molecule has 1 aromatic rings.